The van der Waals surface area contributed by atoms with Crippen molar-refractivity contribution in [1.82, 2.24) is 4.90 Å². The number of ether oxygens (including phenoxy) is 2. The summed E-state index contributed by atoms with van der Waals surface area (Å²) in [6, 6.07) is 16.3. The normalized spacial score (nSPS) is 11.1. The van der Waals surface area contributed by atoms with Crippen LogP contribution in [-0.2, 0) is 27.8 Å². The van der Waals surface area contributed by atoms with Gasteiger partial charge < -0.3 is 23.9 Å². The molecule has 0 aromatic heterocycles. The Hall–Kier alpha value is -3.63. The molecule has 0 saturated carbocycles. The fourth-order valence-corrected chi connectivity index (χ4v) is 4.40. The van der Waals surface area contributed by atoms with E-state index in [1.54, 1.807) is 24.1 Å². The Kier molecular flexibility index (Phi) is 9.26. The summed E-state index contributed by atoms with van der Waals surface area (Å²) in [5, 5.41) is 2.94. The number of aryl methyl sites for hydroxylation is 1. The number of nitrogens with one attached hydrogen (secondary N) is 1. The molecule has 3 aromatic rings. The third-order valence-corrected chi connectivity index (χ3v) is 6.64. The van der Waals surface area contributed by atoms with Gasteiger partial charge >= 0.3 is 16.1 Å². The van der Waals surface area contributed by atoms with Crippen LogP contribution in [0.1, 0.15) is 18.1 Å². The maximum atomic E-state index is 13.2. The maximum Gasteiger partial charge on any atom is 0.339 e. The number of para-hydroxylation sites is 1. The number of hydrogen-bond acceptors (Lipinski definition) is 6. The van der Waals surface area contributed by atoms with Crippen molar-refractivity contribution >= 4 is 21.8 Å². The average Bonchev–Trinajstić information content (AvgIpc) is 2.87. The molecule has 0 aliphatic heterocycles. The number of urea groups is 1. The first kappa shape index (κ1) is 27.0. The Labute approximate surface area is 210 Å². The molecular formula is C26H29FN2O6S. The van der Waals surface area contributed by atoms with Crippen molar-refractivity contribution in [1.29, 1.82) is 0 Å². The Morgan fingerprint density at radius 1 is 1.00 bits per heavy atom. The van der Waals surface area contributed by atoms with Crippen LogP contribution in [-0.4, -0.2) is 46.7 Å². The lowest BCUT2D eigenvalue weighted by Gasteiger charge is -2.24. The van der Waals surface area contributed by atoms with Gasteiger partial charge in [-0.15, -0.1) is 0 Å². The van der Waals surface area contributed by atoms with Crippen LogP contribution in [0, 0.1) is 5.82 Å². The molecule has 8 nitrogen and oxygen atoms in total. The van der Waals surface area contributed by atoms with Gasteiger partial charge in [0.15, 0.2) is 11.5 Å². The van der Waals surface area contributed by atoms with Crippen molar-refractivity contribution in [3.63, 3.8) is 0 Å². The van der Waals surface area contributed by atoms with Gasteiger partial charge in [0.2, 0.25) is 0 Å². The molecule has 10 heteroatoms. The van der Waals surface area contributed by atoms with Gasteiger partial charge in [-0.05, 0) is 60.0 Å². The van der Waals surface area contributed by atoms with Gasteiger partial charge in [0, 0.05) is 25.9 Å². The maximum absolute atomic E-state index is 13.2. The van der Waals surface area contributed by atoms with Crippen molar-refractivity contribution in [3.05, 3.63) is 83.7 Å². The zero-order valence-corrected chi connectivity index (χ0v) is 21.2. The topological polar surface area (TPSA) is 94.2 Å². The highest BCUT2D eigenvalue weighted by atomic mass is 32.2. The molecule has 0 heterocycles. The van der Waals surface area contributed by atoms with E-state index in [-0.39, 0.29) is 29.0 Å². The average molecular weight is 517 g/mol. The van der Waals surface area contributed by atoms with Crippen LogP contribution < -0.4 is 14.2 Å². The van der Waals surface area contributed by atoms with E-state index in [0.29, 0.717) is 18.7 Å². The van der Waals surface area contributed by atoms with Crippen LogP contribution in [0.3, 0.4) is 0 Å². The number of carbonyl (C=O) groups is 1. The van der Waals surface area contributed by atoms with Gasteiger partial charge in [-0.1, -0.05) is 31.2 Å². The Morgan fingerprint density at radius 2 is 1.72 bits per heavy atom. The third kappa shape index (κ3) is 6.96. The van der Waals surface area contributed by atoms with Crippen molar-refractivity contribution in [2.75, 3.05) is 32.7 Å². The number of anilines is 1. The predicted molar refractivity (Wildman–Crippen MR) is 134 cm³/mol. The largest absolute Gasteiger partial charge is 0.493 e. The van der Waals surface area contributed by atoms with Gasteiger partial charge in [-0.2, -0.15) is 8.42 Å². The molecule has 0 radical (unpaired) electrons. The van der Waals surface area contributed by atoms with E-state index < -0.39 is 15.9 Å². The second kappa shape index (κ2) is 12.4. The number of carbonyl (C=O) groups excluding carboxylic acids is 1. The molecule has 2 amide bonds. The molecule has 0 bridgehead atoms. The molecular weight excluding hydrogens is 487 g/mol. The number of hydrogen-bond donors (Lipinski definition) is 1. The van der Waals surface area contributed by atoms with Crippen LogP contribution in [0.4, 0.5) is 14.9 Å². The van der Waals surface area contributed by atoms with Crippen molar-refractivity contribution < 1.29 is 31.3 Å². The second-order valence-corrected chi connectivity index (χ2v) is 9.38. The quantitative estimate of drug-likeness (QED) is 0.367. The van der Waals surface area contributed by atoms with Gasteiger partial charge in [-0.25, -0.2) is 9.18 Å². The molecule has 1 N–H and O–H groups in total. The monoisotopic (exact) mass is 516 g/mol. The summed E-state index contributed by atoms with van der Waals surface area (Å²) in [7, 11) is -1.32. The van der Waals surface area contributed by atoms with Crippen LogP contribution in [0.25, 0.3) is 0 Å². The molecule has 0 aliphatic carbocycles. The summed E-state index contributed by atoms with van der Waals surface area (Å²) in [5.74, 6) is -0.429. The highest BCUT2D eigenvalue weighted by molar-refractivity contribution is 7.87. The van der Waals surface area contributed by atoms with E-state index in [1.807, 2.05) is 31.2 Å². The van der Waals surface area contributed by atoms with Crippen LogP contribution in [0.2, 0.25) is 0 Å². The first-order chi connectivity index (χ1) is 17.3. The summed E-state index contributed by atoms with van der Waals surface area (Å²) in [6.45, 7) is 2.76. The van der Waals surface area contributed by atoms with Gasteiger partial charge in [-0.3, -0.25) is 0 Å². The number of methoxy groups -OCH3 is 2. The Morgan fingerprint density at radius 3 is 2.39 bits per heavy atom. The van der Waals surface area contributed by atoms with Crippen molar-refractivity contribution in [2.45, 2.75) is 24.8 Å². The Balaban J connectivity index is 1.84. The lowest BCUT2D eigenvalue weighted by atomic mass is 10.1. The number of halogens is 1. The predicted octanol–water partition coefficient (Wildman–Crippen LogP) is 4.84. The number of nitrogens with zero attached hydrogens (tertiary/aromatic N) is 1. The SMILES string of the molecule is CCc1ccccc1NC(=O)N(CCOC)Cc1ccc(OC)c(OS(=O)(=O)c2ccc(F)cc2)c1. The van der Waals surface area contributed by atoms with Crippen LogP contribution in [0.15, 0.2) is 71.6 Å². The van der Waals surface area contributed by atoms with Gasteiger partial charge in [0.05, 0.1) is 13.7 Å². The highest BCUT2D eigenvalue weighted by Gasteiger charge is 2.21. The van der Waals surface area contributed by atoms with E-state index in [4.69, 9.17) is 13.7 Å². The molecule has 0 spiro atoms. The molecule has 0 fully saturated rings. The summed E-state index contributed by atoms with van der Waals surface area (Å²) in [6.07, 6.45) is 0.760. The summed E-state index contributed by atoms with van der Waals surface area (Å²) in [5.41, 5.74) is 2.33. The highest BCUT2D eigenvalue weighted by Crippen LogP contribution is 2.31. The molecule has 0 aliphatic rings. The van der Waals surface area contributed by atoms with E-state index in [1.165, 1.54) is 13.2 Å². The fourth-order valence-electron chi connectivity index (χ4n) is 3.47. The first-order valence-corrected chi connectivity index (χ1v) is 12.7. The molecule has 3 rings (SSSR count). The van der Waals surface area contributed by atoms with Crippen LogP contribution >= 0.6 is 0 Å². The standard InChI is InChI=1S/C26H29FN2O6S/c1-4-20-7-5-6-8-23(20)28-26(30)29(15-16-33-2)18-19-9-14-24(34-3)25(17-19)35-36(31,32)22-12-10-21(27)11-13-22/h5-14,17H,4,15-16,18H2,1-3H3,(H,28,30). The lowest BCUT2D eigenvalue weighted by Crippen LogP contribution is -2.37. The van der Waals surface area contributed by atoms with Crippen molar-refractivity contribution in [3.8, 4) is 11.5 Å². The molecule has 192 valence electrons. The number of benzene rings is 3. The molecule has 0 unspecified atom stereocenters. The lowest BCUT2D eigenvalue weighted by molar-refractivity contribution is 0.153. The molecule has 0 saturated heterocycles. The summed E-state index contributed by atoms with van der Waals surface area (Å²) >= 11 is 0. The fraction of sp³-hybridized carbons (Fsp3) is 0.269. The third-order valence-electron chi connectivity index (χ3n) is 5.40. The van der Waals surface area contributed by atoms with E-state index in [9.17, 15) is 17.6 Å². The zero-order valence-electron chi connectivity index (χ0n) is 20.4. The zero-order chi connectivity index (χ0) is 26.1. The van der Waals surface area contributed by atoms with E-state index in [2.05, 4.69) is 5.32 Å². The van der Waals surface area contributed by atoms with Crippen LogP contribution in [0.5, 0.6) is 11.5 Å². The number of rotatable bonds is 11. The summed E-state index contributed by atoms with van der Waals surface area (Å²) < 4.78 is 54.4. The minimum Gasteiger partial charge on any atom is -0.493 e. The first-order valence-electron chi connectivity index (χ1n) is 11.3. The van der Waals surface area contributed by atoms with Crippen molar-refractivity contribution in [2.24, 2.45) is 0 Å². The Bertz CT molecular complexity index is 1280. The molecule has 0 atom stereocenters. The number of amides is 2. The minimum atomic E-state index is -4.25. The van der Waals surface area contributed by atoms with E-state index >= 15 is 0 Å². The smallest absolute Gasteiger partial charge is 0.339 e. The van der Waals surface area contributed by atoms with E-state index in [0.717, 1.165) is 41.9 Å². The minimum absolute atomic E-state index is 0.0530. The summed E-state index contributed by atoms with van der Waals surface area (Å²) in [4.78, 5) is 14.5. The van der Waals surface area contributed by atoms with Gasteiger partial charge in [0.25, 0.3) is 0 Å². The molecule has 3 aromatic carbocycles. The molecule has 36 heavy (non-hydrogen) atoms. The van der Waals surface area contributed by atoms with Gasteiger partial charge in [0.1, 0.15) is 10.7 Å². The second-order valence-electron chi connectivity index (χ2n) is 7.83.